The number of hydrogen-bond acceptors (Lipinski definition) is 2. The van der Waals surface area contributed by atoms with Gasteiger partial charge < -0.3 is 14.8 Å². The Morgan fingerprint density at radius 2 is 2.23 bits per heavy atom. The number of imidazole rings is 1. The number of nitrogens with zero attached hydrogens (tertiary/aromatic N) is 4. The summed E-state index contributed by atoms with van der Waals surface area (Å²) < 4.78 is 16.4. The van der Waals surface area contributed by atoms with Crippen LogP contribution in [0.5, 0.6) is 0 Å². The highest BCUT2D eigenvalue weighted by molar-refractivity contribution is 14.0. The lowest BCUT2D eigenvalue weighted by Crippen LogP contribution is -2.48. The van der Waals surface area contributed by atoms with E-state index in [1.54, 1.807) is 7.05 Å². The number of nitrogens with one attached hydrogen (secondary N) is 1. The van der Waals surface area contributed by atoms with Gasteiger partial charge in [-0.2, -0.15) is 0 Å². The first-order valence-electron chi connectivity index (χ1n) is 8.45. The maximum atomic E-state index is 13.5. The third kappa shape index (κ3) is 5.18. The first-order chi connectivity index (χ1) is 12.1. The predicted octanol–water partition coefficient (Wildman–Crippen LogP) is 4.06. The van der Waals surface area contributed by atoms with Crippen molar-refractivity contribution in [3.8, 4) is 0 Å². The van der Waals surface area contributed by atoms with Crippen LogP contribution in [-0.2, 0) is 6.54 Å². The summed E-state index contributed by atoms with van der Waals surface area (Å²) in [6.45, 7) is 4.65. The molecule has 0 spiro atoms. The zero-order valence-electron chi connectivity index (χ0n) is 14.9. The number of aliphatic imine (C=N–C) groups is 1. The normalized spacial score (nSPS) is 20.6. The van der Waals surface area contributed by atoms with Gasteiger partial charge in [-0.25, -0.2) is 9.37 Å². The van der Waals surface area contributed by atoms with Crippen molar-refractivity contribution in [3.63, 3.8) is 0 Å². The zero-order chi connectivity index (χ0) is 17.8. The second kappa shape index (κ2) is 9.68. The first kappa shape index (κ1) is 21.1. The molecule has 2 aromatic rings. The number of benzene rings is 1. The number of aromatic nitrogens is 2. The standard InChI is InChI=1S/C18H23BrFN5.HI/c1-13-3-5-24(11-17(13)25-6-4-22-12-25)18(21-2)23-10-14-7-15(19)9-16(20)8-14;/h4,6-9,12-13,17H,3,5,10-11H2,1-2H3,(H,21,23);1H. The summed E-state index contributed by atoms with van der Waals surface area (Å²) in [5.74, 6) is 1.19. The fraction of sp³-hybridized carbons (Fsp3) is 0.444. The molecule has 0 saturated carbocycles. The van der Waals surface area contributed by atoms with E-state index in [9.17, 15) is 4.39 Å². The van der Waals surface area contributed by atoms with E-state index in [1.807, 2.05) is 24.8 Å². The van der Waals surface area contributed by atoms with Crippen LogP contribution in [0.4, 0.5) is 4.39 Å². The minimum Gasteiger partial charge on any atom is -0.352 e. The summed E-state index contributed by atoms with van der Waals surface area (Å²) in [4.78, 5) is 10.8. The lowest BCUT2D eigenvalue weighted by atomic mass is 9.93. The van der Waals surface area contributed by atoms with Gasteiger partial charge in [0.2, 0.25) is 0 Å². The molecule has 1 N–H and O–H groups in total. The van der Waals surface area contributed by atoms with Crippen LogP contribution >= 0.6 is 39.9 Å². The smallest absolute Gasteiger partial charge is 0.193 e. The van der Waals surface area contributed by atoms with E-state index in [1.165, 1.54) is 12.1 Å². The summed E-state index contributed by atoms with van der Waals surface area (Å²) >= 11 is 3.33. The molecule has 0 amide bonds. The summed E-state index contributed by atoms with van der Waals surface area (Å²) in [7, 11) is 1.79. The van der Waals surface area contributed by atoms with Crippen LogP contribution in [0, 0.1) is 11.7 Å². The lowest BCUT2D eigenvalue weighted by Gasteiger charge is -2.39. The average molecular weight is 536 g/mol. The molecule has 0 bridgehead atoms. The van der Waals surface area contributed by atoms with Crippen molar-refractivity contribution in [2.45, 2.75) is 25.9 Å². The van der Waals surface area contributed by atoms with Gasteiger partial charge in [0.25, 0.3) is 0 Å². The second-order valence-corrected chi connectivity index (χ2v) is 7.38. The average Bonchev–Trinajstić information content (AvgIpc) is 3.10. The van der Waals surface area contributed by atoms with Gasteiger partial charge in [0, 0.05) is 43.5 Å². The van der Waals surface area contributed by atoms with E-state index in [2.05, 4.69) is 47.6 Å². The highest BCUT2D eigenvalue weighted by atomic mass is 127. The summed E-state index contributed by atoms with van der Waals surface area (Å²) in [6.07, 6.45) is 6.81. The van der Waals surface area contributed by atoms with E-state index >= 15 is 0 Å². The van der Waals surface area contributed by atoms with Crippen LogP contribution in [0.1, 0.15) is 24.9 Å². The van der Waals surface area contributed by atoms with E-state index < -0.39 is 0 Å². The molecule has 1 saturated heterocycles. The number of halogens is 3. The molecule has 1 aromatic heterocycles. The molecule has 26 heavy (non-hydrogen) atoms. The number of guanidine groups is 1. The molecule has 1 fully saturated rings. The van der Waals surface area contributed by atoms with E-state index in [4.69, 9.17) is 0 Å². The van der Waals surface area contributed by atoms with E-state index in [-0.39, 0.29) is 29.8 Å². The Kier molecular flexibility index (Phi) is 7.87. The minimum absolute atomic E-state index is 0. The zero-order valence-corrected chi connectivity index (χ0v) is 18.8. The molecule has 1 aliphatic heterocycles. The van der Waals surface area contributed by atoms with Gasteiger partial charge in [0.15, 0.2) is 5.96 Å². The van der Waals surface area contributed by atoms with Gasteiger partial charge in [-0.1, -0.05) is 22.9 Å². The van der Waals surface area contributed by atoms with Gasteiger partial charge in [-0.3, -0.25) is 4.99 Å². The maximum Gasteiger partial charge on any atom is 0.193 e. The summed E-state index contributed by atoms with van der Waals surface area (Å²) in [6, 6.07) is 5.28. The Labute approximate surface area is 179 Å². The Morgan fingerprint density at radius 3 is 2.88 bits per heavy atom. The number of hydrogen-bond donors (Lipinski definition) is 1. The molecule has 5 nitrogen and oxygen atoms in total. The van der Waals surface area contributed by atoms with Crippen molar-refractivity contribution in [3.05, 3.63) is 52.8 Å². The molecule has 1 aromatic carbocycles. The number of piperidine rings is 1. The SMILES string of the molecule is CN=C(NCc1cc(F)cc(Br)c1)N1CCC(C)C(n2ccnc2)C1.I. The lowest BCUT2D eigenvalue weighted by molar-refractivity contribution is 0.189. The summed E-state index contributed by atoms with van der Waals surface area (Å²) in [5, 5.41) is 3.35. The highest BCUT2D eigenvalue weighted by Crippen LogP contribution is 2.27. The van der Waals surface area contributed by atoms with Gasteiger partial charge >= 0.3 is 0 Å². The van der Waals surface area contributed by atoms with Crippen LogP contribution in [0.3, 0.4) is 0 Å². The highest BCUT2D eigenvalue weighted by Gasteiger charge is 2.28. The predicted molar refractivity (Wildman–Crippen MR) is 116 cm³/mol. The largest absolute Gasteiger partial charge is 0.352 e. The molecule has 2 heterocycles. The Bertz CT molecular complexity index is 717. The fourth-order valence-electron chi connectivity index (χ4n) is 3.32. The van der Waals surface area contributed by atoms with Crippen molar-refractivity contribution >= 4 is 45.9 Å². The monoisotopic (exact) mass is 535 g/mol. The Morgan fingerprint density at radius 1 is 1.42 bits per heavy atom. The number of likely N-dealkylation sites (tertiary alicyclic amines) is 1. The molecule has 1 aliphatic rings. The molecule has 2 atom stereocenters. The van der Waals surface area contributed by atoms with Crippen LogP contribution < -0.4 is 5.32 Å². The van der Waals surface area contributed by atoms with Gasteiger partial charge in [-0.15, -0.1) is 24.0 Å². The molecule has 142 valence electrons. The van der Waals surface area contributed by atoms with Gasteiger partial charge in [0.1, 0.15) is 5.82 Å². The fourth-order valence-corrected chi connectivity index (χ4v) is 3.83. The van der Waals surface area contributed by atoms with E-state index in [0.29, 0.717) is 18.5 Å². The minimum atomic E-state index is -0.242. The van der Waals surface area contributed by atoms with Gasteiger partial charge in [0.05, 0.1) is 12.4 Å². The van der Waals surface area contributed by atoms with Crippen molar-refractivity contribution in [2.75, 3.05) is 20.1 Å². The van der Waals surface area contributed by atoms with Crippen molar-refractivity contribution in [1.82, 2.24) is 19.8 Å². The molecule has 3 rings (SSSR count). The maximum absolute atomic E-state index is 13.5. The van der Waals surface area contributed by atoms with Crippen molar-refractivity contribution in [1.29, 1.82) is 0 Å². The van der Waals surface area contributed by atoms with Crippen molar-refractivity contribution < 1.29 is 4.39 Å². The van der Waals surface area contributed by atoms with Crippen LogP contribution in [0.2, 0.25) is 0 Å². The van der Waals surface area contributed by atoms with Gasteiger partial charge in [-0.05, 0) is 36.1 Å². The molecular formula is C18H24BrFIN5. The topological polar surface area (TPSA) is 45.5 Å². The third-order valence-corrected chi connectivity index (χ3v) is 5.17. The Hall–Kier alpha value is -1.16. The molecule has 0 aliphatic carbocycles. The van der Waals surface area contributed by atoms with Crippen molar-refractivity contribution in [2.24, 2.45) is 10.9 Å². The second-order valence-electron chi connectivity index (χ2n) is 6.47. The first-order valence-corrected chi connectivity index (χ1v) is 9.24. The molecular weight excluding hydrogens is 512 g/mol. The number of rotatable bonds is 3. The molecule has 0 radical (unpaired) electrons. The quantitative estimate of drug-likeness (QED) is 0.366. The third-order valence-electron chi connectivity index (χ3n) is 4.71. The molecule has 2 unspecified atom stereocenters. The van der Waals surface area contributed by atoms with Crippen LogP contribution in [0.25, 0.3) is 0 Å². The van der Waals surface area contributed by atoms with Crippen LogP contribution in [-0.4, -0.2) is 40.5 Å². The van der Waals surface area contributed by atoms with Crippen LogP contribution in [0.15, 0.2) is 46.4 Å². The Balaban J connectivity index is 0.00000243. The summed E-state index contributed by atoms with van der Waals surface area (Å²) in [5.41, 5.74) is 0.879. The molecule has 8 heteroatoms. The van der Waals surface area contributed by atoms with E-state index in [0.717, 1.165) is 35.5 Å².